The van der Waals surface area contributed by atoms with Gasteiger partial charge in [-0.15, -0.1) is 0 Å². The number of nitrogens with one attached hydrogen (secondary N) is 3. The van der Waals surface area contributed by atoms with Crippen LogP contribution in [0.4, 0.5) is 23.7 Å². The minimum absolute atomic E-state index is 0.0696. The molecule has 4 rings (SSSR count). The Balaban J connectivity index is 1.49. The SMILES string of the molecule is COC(=O)N[C@H](C(=O)NC[C@]1(O)C2CCC1C[C@@H](S(=O)(=O)c1cc(C(=O)Nc3cc(F)c(F)c(F)c3)ccc1Cl)C2)C(C)C. The summed E-state index contributed by atoms with van der Waals surface area (Å²) >= 11 is 6.27. The summed E-state index contributed by atoms with van der Waals surface area (Å²) in [7, 11) is -2.96. The van der Waals surface area contributed by atoms with E-state index in [4.69, 9.17) is 11.6 Å². The van der Waals surface area contributed by atoms with E-state index >= 15 is 0 Å². The van der Waals surface area contributed by atoms with Crippen LogP contribution in [-0.2, 0) is 19.4 Å². The predicted molar refractivity (Wildman–Crippen MR) is 154 cm³/mol. The number of sulfone groups is 1. The average molecular weight is 660 g/mol. The first kappa shape index (κ1) is 33.5. The maximum Gasteiger partial charge on any atom is 0.407 e. The van der Waals surface area contributed by atoms with E-state index in [-0.39, 0.29) is 46.5 Å². The van der Waals surface area contributed by atoms with E-state index in [0.29, 0.717) is 25.0 Å². The molecule has 2 fully saturated rings. The van der Waals surface area contributed by atoms with Crippen LogP contribution in [0.5, 0.6) is 0 Å². The fraction of sp³-hybridized carbons (Fsp3) is 0.483. The summed E-state index contributed by atoms with van der Waals surface area (Å²) in [5.74, 6) is -7.36. The van der Waals surface area contributed by atoms with Gasteiger partial charge in [0.05, 0.1) is 27.9 Å². The molecule has 15 heteroatoms. The second kappa shape index (κ2) is 12.9. The number of alkyl carbamates (subject to hydrolysis) is 1. The molecular weight excluding hydrogens is 627 g/mol. The molecule has 2 bridgehead atoms. The molecule has 44 heavy (non-hydrogen) atoms. The van der Waals surface area contributed by atoms with Crippen LogP contribution in [0.25, 0.3) is 0 Å². The monoisotopic (exact) mass is 659 g/mol. The van der Waals surface area contributed by atoms with Crippen molar-refractivity contribution in [1.29, 1.82) is 0 Å². The van der Waals surface area contributed by atoms with Crippen molar-refractivity contribution < 1.29 is 45.8 Å². The van der Waals surface area contributed by atoms with Gasteiger partial charge in [0.25, 0.3) is 5.91 Å². The van der Waals surface area contributed by atoms with Crippen LogP contribution in [0, 0.1) is 35.2 Å². The Bertz CT molecular complexity index is 1540. The first-order chi connectivity index (χ1) is 20.6. The first-order valence-corrected chi connectivity index (χ1v) is 15.8. The molecular formula is C29H33ClF3N3O7S. The number of hydrogen-bond acceptors (Lipinski definition) is 7. The lowest BCUT2D eigenvalue weighted by Gasteiger charge is -2.42. The summed E-state index contributed by atoms with van der Waals surface area (Å²) in [6, 6.07) is 3.78. The maximum atomic E-state index is 13.8. The summed E-state index contributed by atoms with van der Waals surface area (Å²) in [5.41, 5.74) is -1.92. The van der Waals surface area contributed by atoms with Crippen molar-refractivity contribution in [3.8, 4) is 0 Å². The molecule has 2 aliphatic rings. The minimum Gasteiger partial charge on any atom is -0.453 e. The molecule has 3 amide bonds. The summed E-state index contributed by atoms with van der Waals surface area (Å²) in [6.45, 7) is 3.34. The molecule has 0 heterocycles. The van der Waals surface area contributed by atoms with Gasteiger partial charge in [-0.1, -0.05) is 25.4 Å². The molecule has 0 radical (unpaired) electrons. The van der Waals surface area contributed by atoms with Crippen molar-refractivity contribution in [1.82, 2.24) is 10.6 Å². The number of hydrogen-bond donors (Lipinski definition) is 4. The van der Waals surface area contributed by atoms with Gasteiger partial charge < -0.3 is 25.8 Å². The van der Waals surface area contributed by atoms with Gasteiger partial charge in [0.15, 0.2) is 27.3 Å². The molecule has 4 N–H and O–H groups in total. The largest absolute Gasteiger partial charge is 0.453 e. The summed E-state index contributed by atoms with van der Waals surface area (Å²) < 4.78 is 72.6. The Kier molecular flexibility index (Phi) is 9.86. The lowest BCUT2D eigenvalue weighted by molar-refractivity contribution is -0.127. The quantitative estimate of drug-likeness (QED) is 0.295. The topological polar surface area (TPSA) is 151 Å². The fourth-order valence-corrected chi connectivity index (χ4v) is 8.49. The van der Waals surface area contributed by atoms with Crippen LogP contribution in [0.2, 0.25) is 5.02 Å². The number of fused-ring (bicyclic) bond motifs is 2. The summed E-state index contributed by atoms with van der Waals surface area (Å²) in [4.78, 5) is 37.0. The maximum absolute atomic E-state index is 13.8. The lowest BCUT2D eigenvalue weighted by atomic mass is 9.74. The van der Waals surface area contributed by atoms with Gasteiger partial charge in [0.2, 0.25) is 5.91 Å². The van der Waals surface area contributed by atoms with Crippen molar-refractivity contribution in [2.45, 2.75) is 61.3 Å². The molecule has 2 aliphatic carbocycles. The third-order valence-electron chi connectivity index (χ3n) is 8.51. The zero-order chi connectivity index (χ0) is 32.6. The molecule has 2 aromatic rings. The fourth-order valence-electron chi connectivity index (χ4n) is 6.09. The number of methoxy groups -OCH3 is 1. The van der Waals surface area contributed by atoms with Gasteiger partial charge in [0, 0.05) is 29.9 Å². The van der Waals surface area contributed by atoms with E-state index in [0.717, 1.165) is 6.07 Å². The average Bonchev–Trinajstić information content (AvgIpc) is 3.11. The Morgan fingerprint density at radius 2 is 1.66 bits per heavy atom. The van der Waals surface area contributed by atoms with Crippen LogP contribution in [0.1, 0.15) is 49.9 Å². The van der Waals surface area contributed by atoms with Gasteiger partial charge in [-0.3, -0.25) is 9.59 Å². The normalized spacial score (nSPS) is 23.6. The highest BCUT2D eigenvalue weighted by atomic mass is 35.5. The first-order valence-electron chi connectivity index (χ1n) is 13.9. The van der Waals surface area contributed by atoms with Gasteiger partial charge in [-0.25, -0.2) is 26.4 Å². The van der Waals surface area contributed by atoms with Crippen LogP contribution in [-0.4, -0.2) is 62.0 Å². The van der Waals surface area contributed by atoms with Gasteiger partial charge >= 0.3 is 6.09 Å². The van der Waals surface area contributed by atoms with Crippen molar-refractivity contribution in [3.63, 3.8) is 0 Å². The van der Waals surface area contributed by atoms with E-state index in [2.05, 4.69) is 20.7 Å². The van der Waals surface area contributed by atoms with Gasteiger partial charge in [-0.2, -0.15) is 0 Å². The Labute approximate surface area is 257 Å². The molecule has 2 unspecified atom stereocenters. The molecule has 0 aliphatic heterocycles. The highest BCUT2D eigenvalue weighted by Crippen LogP contribution is 2.52. The Morgan fingerprint density at radius 1 is 1.07 bits per heavy atom. The molecule has 2 aromatic carbocycles. The third kappa shape index (κ3) is 6.66. The number of aliphatic hydroxyl groups is 1. The number of amides is 3. The zero-order valence-corrected chi connectivity index (χ0v) is 25.7. The molecule has 3 atom stereocenters. The molecule has 2 saturated carbocycles. The number of ether oxygens (including phenoxy) is 1. The molecule has 0 saturated heterocycles. The number of carbonyl (C=O) groups excluding carboxylic acids is 3. The number of halogens is 4. The summed E-state index contributed by atoms with van der Waals surface area (Å²) in [6.07, 6.45) is 0.415. The van der Waals surface area contributed by atoms with E-state index in [1.54, 1.807) is 13.8 Å². The highest BCUT2D eigenvalue weighted by Gasteiger charge is 2.56. The van der Waals surface area contributed by atoms with Crippen molar-refractivity contribution in [2.24, 2.45) is 17.8 Å². The Morgan fingerprint density at radius 3 is 2.20 bits per heavy atom. The van der Waals surface area contributed by atoms with Gasteiger partial charge in [-0.05, 0) is 61.6 Å². The number of anilines is 1. The molecule has 0 aromatic heterocycles. The van der Waals surface area contributed by atoms with Crippen molar-refractivity contribution in [2.75, 3.05) is 19.0 Å². The van der Waals surface area contributed by atoms with Crippen molar-refractivity contribution >= 4 is 45.0 Å². The molecule has 240 valence electrons. The second-order valence-electron chi connectivity index (χ2n) is 11.5. The van der Waals surface area contributed by atoms with Crippen LogP contribution in [0.15, 0.2) is 35.2 Å². The number of carbonyl (C=O) groups is 3. The van der Waals surface area contributed by atoms with Crippen LogP contribution < -0.4 is 16.0 Å². The van der Waals surface area contributed by atoms with Gasteiger partial charge in [0.1, 0.15) is 6.04 Å². The lowest BCUT2D eigenvalue weighted by Crippen LogP contribution is -2.57. The number of benzene rings is 2. The van der Waals surface area contributed by atoms with E-state index in [1.807, 2.05) is 0 Å². The number of rotatable bonds is 9. The molecule has 0 spiro atoms. The summed E-state index contributed by atoms with van der Waals surface area (Å²) in [5, 5.41) is 17.9. The highest BCUT2D eigenvalue weighted by molar-refractivity contribution is 7.92. The zero-order valence-electron chi connectivity index (χ0n) is 24.1. The standard InChI is InChI=1S/C29H33ClF3N3O7S/c1-14(2)25(36-28(39)43-3)27(38)34-13-29(40)16-5-6-17(29)10-19(9-16)44(41,42)23-8-15(4-7-20(23)30)26(37)35-18-11-21(31)24(33)22(32)12-18/h4,7-8,11-12,14,16-17,19,25,40H,5-6,9-10,13H2,1-3H3,(H,34,38)(H,35,37)(H,36,39)/t16?,17?,19-,25-,29-/m0/s1. The van der Waals surface area contributed by atoms with Crippen molar-refractivity contribution in [3.05, 3.63) is 58.4 Å². The second-order valence-corrected chi connectivity index (χ2v) is 14.1. The molecule has 10 nitrogen and oxygen atoms in total. The van der Waals surface area contributed by atoms with Crippen LogP contribution >= 0.6 is 11.6 Å². The third-order valence-corrected chi connectivity index (χ3v) is 11.2. The predicted octanol–water partition coefficient (Wildman–Crippen LogP) is 4.20. The van der Waals surface area contributed by atoms with E-state index in [1.165, 1.54) is 19.2 Å². The van der Waals surface area contributed by atoms with E-state index in [9.17, 15) is 41.1 Å². The minimum atomic E-state index is -4.13. The van der Waals surface area contributed by atoms with E-state index < -0.39 is 73.9 Å². The Hall–Kier alpha value is -3.36. The smallest absolute Gasteiger partial charge is 0.407 e. The van der Waals surface area contributed by atoms with Crippen LogP contribution in [0.3, 0.4) is 0 Å².